The lowest BCUT2D eigenvalue weighted by Gasteiger charge is -2.47. The summed E-state index contributed by atoms with van der Waals surface area (Å²) in [5, 5.41) is 3.75. The van der Waals surface area contributed by atoms with Crippen LogP contribution >= 0.6 is 0 Å². The van der Waals surface area contributed by atoms with Gasteiger partial charge in [-0.3, -0.25) is 0 Å². The van der Waals surface area contributed by atoms with Crippen LogP contribution < -0.4 is 11.1 Å². The molecule has 0 saturated heterocycles. The van der Waals surface area contributed by atoms with E-state index in [1.165, 1.54) is 32.2 Å². The molecule has 94 valence electrons. The molecule has 2 aliphatic carbocycles. The van der Waals surface area contributed by atoms with Crippen LogP contribution in [-0.4, -0.2) is 18.1 Å². The second kappa shape index (κ2) is 3.99. The molecule has 0 aromatic rings. The zero-order valence-corrected chi connectivity index (χ0v) is 11.3. The minimum Gasteiger partial charge on any atom is -0.327 e. The SMILES string of the molecule is CC1C(N)CCC(CNC2(C)CC2)C1(C)C. The highest BCUT2D eigenvalue weighted by atomic mass is 15.0. The van der Waals surface area contributed by atoms with Gasteiger partial charge in [-0.2, -0.15) is 0 Å². The second-order valence-corrected chi connectivity index (χ2v) is 6.99. The van der Waals surface area contributed by atoms with Crippen molar-refractivity contribution in [1.29, 1.82) is 0 Å². The van der Waals surface area contributed by atoms with Crippen molar-refractivity contribution in [2.45, 2.75) is 65.0 Å². The normalized spacial score (nSPS) is 40.7. The fourth-order valence-corrected chi connectivity index (χ4v) is 3.04. The van der Waals surface area contributed by atoms with E-state index in [1.54, 1.807) is 0 Å². The van der Waals surface area contributed by atoms with Gasteiger partial charge in [0, 0.05) is 11.6 Å². The van der Waals surface area contributed by atoms with Crippen molar-refractivity contribution in [2.75, 3.05) is 6.54 Å². The number of nitrogens with one attached hydrogen (secondary N) is 1. The zero-order chi connectivity index (χ0) is 12.0. The van der Waals surface area contributed by atoms with Gasteiger partial charge in [-0.15, -0.1) is 0 Å². The molecule has 2 saturated carbocycles. The van der Waals surface area contributed by atoms with E-state index in [4.69, 9.17) is 5.73 Å². The first kappa shape index (κ1) is 12.4. The van der Waals surface area contributed by atoms with Crippen LogP contribution in [0.5, 0.6) is 0 Å². The van der Waals surface area contributed by atoms with Crippen LogP contribution in [0.1, 0.15) is 53.4 Å². The van der Waals surface area contributed by atoms with Crippen LogP contribution in [0.15, 0.2) is 0 Å². The van der Waals surface area contributed by atoms with Gasteiger partial charge in [-0.1, -0.05) is 20.8 Å². The van der Waals surface area contributed by atoms with Crippen molar-refractivity contribution in [2.24, 2.45) is 23.0 Å². The topological polar surface area (TPSA) is 38.0 Å². The van der Waals surface area contributed by atoms with Gasteiger partial charge in [-0.25, -0.2) is 0 Å². The van der Waals surface area contributed by atoms with Gasteiger partial charge in [0.15, 0.2) is 0 Å². The summed E-state index contributed by atoms with van der Waals surface area (Å²) in [6.07, 6.45) is 5.21. The minimum absolute atomic E-state index is 0.385. The highest BCUT2D eigenvalue weighted by Crippen LogP contribution is 2.45. The third-order valence-corrected chi connectivity index (χ3v) is 5.49. The molecule has 0 amide bonds. The van der Waals surface area contributed by atoms with E-state index in [1.807, 2.05) is 0 Å². The molecule has 0 aromatic carbocycles. The molecule has 0 bridgehead atoms. The van der Waals surface area contributed by atoms with Crippen LogP contribution in [0.25, 0.3) is 0 Å². The van der Waals surface area contributed by atoms with Gasteiger partial charge >= 0.3 is 0 Å². The minimum atomic E-state index is 0.385. The molecular formula is C14H28N2. The Kier molecular flexibility index (Phi) is 3.09. The van der Waals surface area contributed by atoms with E-state index < -0.39 is 0 Å². The first-order valence-electron chi connectivity index (χ1n) is 6.86. The van der Waals surface area contributed by atoms with Crippen LogP contribution in [0.4, 0.5) is 0 Å². The summed E-state index contributed by atoms with van der Waals surface area (Å²) in [4.78, 5) is 0. The summed E-state index contributed by atoms with van der Waals surface area (Å²) >= 11 is 0. The fourth-order valence-electron chi connectivity index (χ4n) is 3.04. The lowest BCUT2D eigenvalue weighted by atomic mass is 9.61. The van der Waals surface area contributed by atoms with E-state index in [9.17, 15) is 0 Å². The van der Waals surface area contributed by atoms with Crippen molar-refractivity contribution in [3.05, 3.63) is 0 Å². The van der Waals surface area contributed by atoms with Gasteiger partial charge in [0.05, 0.1) is 0 Å². The van der Waals surface area contributed by atoms with Gasteiger partial charge < -0.3 is 11.1 Å². The second-order valence-electron chi connectivity index (χ2n) is 6.99. The third-order valence-electron chi connectivity index (χ3n) is 5.49. The Morgan fingerprint density at radius 1 is 1.19 bits per heavy atom. The van der Waals surface area contributed by atoms with Gasteiger partial charge in [-0.05, 0) is 56.4 Å². The van der Waals surface area contributed by atoms with Crippen molar-refractivity contribution in [3.8, 4) is 0 Å². The molecule has 0 heterocycles. The molecule has 2 nitrogen and oxygen atoms in total. The Morgan fingerprint density at radius 2 is 1.81 bits per heavy atom. The molecule has 2 aliphatic rings. The van der Waals surface area contributed by atoms with Crippen LogP contribution in [-0.2, 0) is 0 Å². The first-order valence-corrected chi connectivity index (χ1v) is 6.86. The average Bonchev–Trinajstić information content (AvgIpc) is 2.93. The number of hydrogen-bond donors (Lipinski definition) is 2. The van der Waals surface area contributed by atoms with Gasteiger partial charge in [0.1, 0.15) is 0 Å². The summed E-state index contributed by atoms with van der Waals surface area (Å²) in [5.74, 6) is 1.43. The Bertz CT molecular complexity index is 255. The molecule has 0 radical (unpaired) electrons. The largest absolute Gasteiger partial charge is 0.327 e. The third kappa shape index (κ3) is 2.28. The van der Waals surface area contributed by atoms with Crippen molar-refractivity contribution in [3.63, 3.8) is 0 Å². The van der Waals surface area contributed by atoms with E-state index >= 15 is 0 Å². The van der Waals surface area contributed by atoms with E-state index in [2.05, 4.69) is 33.0 Å². The maximum Gasteiger partial charge on any atom is 0.0154 e. The predicted molar refractivity (Wildman–Crippen MR) is 69.3 cm³/mol. The predicted octanol–water partition coefficient (Wildman–Crippen LogP) is 2.53. The van der Waals surface area contributed by atoms with E-state index in [0.717, 1.165) is 5.92 Å². The maximum absolute atomic E-state index is 6.19. The lowest BCUT2D eigenvalue weighted by Crippen LogP contribution is -2.50. The first-order chi connectivity index (χ1) is 7.35. The van der Waals surface area contributed by atoms with E-state index in [-0.39, 0.29) is 0 Å². The summed E-state index contributed by atoms with van der Waals surface area (Å²) in [7, 11) is 0. The molecule has 3 unspecified atom stereocenters. The average molecular weight is 224 g/mol. The summed E-state index contributed by atoms with van der Waals surface area (Å²) in [6.45, 7) is 10.7. The Balaban J connectivity index is 1.93. The lowest BCUT2D eigenvalue weighted by molar-refractivity contribution is 0.0521. The van der Waals surface area contributed by atoms with Crippen LogP contribution in [0.2, 0.25) is 0 Å². The van der Waals surface area contributed by atoms with Crippen molar-refractivity contribution < 1.29 is 0 Å². The Morgan fingerprint density at radius 3 is 2.38 bits per heavy atom. The molecule has 16 heavy (non-hydrogen) atoms. The fraction of sp³-hybridized carbons (Fsp3) is 1.00. The molecule has 2 rings (SSSR count). The molecule has 2 heteroatoms. The standard InChI is InChI=1S/C14H28N2/c1-10-12(15)6-5-11(13(10,2)3)9-16-14(4)7-8-14/h10-12,16H,5-9,15H2,1-4H3. The highest BCUT2D eigenvalue weighted by Gasteiger charge is 2.43. The maximum atomic E-state index is 6.19. The van der Waals surface area contributed by atoms with Gasteiger partial charge in [0.25, 0.3) is 0 Å². The van der Waals surface area contributed by atoms with Crippen molar-refractivity contribution >= 4 is 0 Å². The number of hydrogen-bond acceptors (Lipinski definition) is 2. The molecule has 0 spiro atoms. The van der Waals surface area contributed by atoms with Gasteiger partial charge in [0.2, 0.25) is 0 Å². The number of nitrogens with two attached hydrogens (primary N) is 1. The van der Waals surface area contributed by atoms with Crippen LogP contribution in [0.3, 0.4) is 0 Å². The Hall–Kier alpha value is -0.0800. The molecular weight excluding hydrogens is 196 g/mol. The van der Waals surface area contributed by atoms with E-state index in [0.29, 0.717) is 22.9 Å². The number of rotatable bonds is 3. The Labute approximate surface area is 100 Å². The summed E-state index contributed by atoms with van der Waals surface area (Å²) < 4.78 is 0. The monoisotopic (exact) mass is 224 g/mol. The highest BCUT2D eigenvalue weighted by molar-refractivity contribution is 5.00. The quantitative estimate of drug-likeness (QED) is 0.773. The molecule has 3 atom stereocenters. The molecule has 0 aliphatic heterocycles. The van der Waals surface area contributed by atoms with Crippen molar-refractivity contribution in [1.82, 2.24) is 5.32 Å². The summed E-state index contributed by atoms with van der Waals surface area (Å²) in [5.41, 5.74) is 7.05. The molecule has 0 aromatic heterocycles. The molecule has 2 fully saturated rings. The summed E-state index contributed by atoms with van der Waals surface area (Å²) in [6, 6.07) is 0.405. The van der Waals surface area contributed by atoms with Crippen LogP contribution in [0, 0.1) is 17.3 Å². The smallest absolute Gasteiger partial charge is 0.0154 e. The molecule has 3 N–H and O–H groups in total. The zero-order valence-electron chi connectivity index (χ0n) is 11.3.